The summed E-state index contributed by atoms with van der Waals surface area (Å²) >= 11 is 0. The highest BCUT2D eigenvalue weighted by Gasteiger charge is 2.69. The van der Waals surface area contributed by atoms with E-state index in [1.54, 1.807) is 0 Å². The van der Waals surface area contributed by atoms with Gasteiger partial charge in [-0.15, -0.1) is 0 Å². The number of carbonyl (C=O) groups is 2. The minimum Gasteiger partial charge on any atom is -0.455 e. The molecule has 2 heterocycles. The molecule has 5 atom stereocenters. The standard InChI is InChI=1S/C19H24O6/c1-10(2)16(20)23-13-9-11(3)7-6-8-18(5)14(25-18)15-19(13,22)12(4)17(21)24-15/h7,13-15,22H,1,4,6,8-9H2,2-3,5H3. The van der Waals surface area contributed by atoms with Gasteiger partial charge in [-0.25, -0.2) is 9.59 Å². The van der Waals surface area contributed by atoms with Crippen LogP contribution in [-0.4, -0.2) is 46.6 Å². The molecule has 0 bridgehead atoms. The molecular formula is C19H24O6. The first-order valence-corrected chi connectivity index (χ1v) is 8.42. The molecule has 0 aromatic carbocycles. The third-order valence-corrected chi connectivity index (χ3v) is 5.34. The van der Waals surface area contributed by atoms with Crippen molar-refractivity contribution in [3.8, 4) is 0 Å². The number of epoxide rings is 1. The van der Waals surface area contributed by atoms with E-state index in [1.807, 2.05) is 19.9 Å². The van der Waals surface area contributed by atoms with Crippen LogP contribution in [0.3, 0.4) is 0 Å². The molecule has 6 nitrogen and oxygen atoms in total. The van der Waals surface area contributed by atoms with E-state index in [-0.39, 0.29) is 17.6 Å². The van der Waals surface area contributed by atoms with Crippen molar-refractivity contribution in [3.63, 3.8) is 0 Å². The summed E-state index contributed by atoms with van der Waals surface area (Å²) < 4.78 is 16.7. The van der Waals surface area contributed by atoms with Gasteiger partial charge in [-0.1, -0.05) is 24.8 Å². The van der Waals surface area contributed by atoms with E-state index in [0.29, 0.717) is 0 Å². The van der Waals surface area contributed by atoms with Gasteiger partial charge in [0, 0.05) is 12.0 Å². The Hall–Kier alpha value is -1.92. The summed E-state index contributed by atoms with van der Waals surface area (Å²) in [5.74, 6) is -1.32. The molecule has 0 radical (unpaired) electrons. The average Bonchev–Trinajstić information content (AvgIpc) is 3.13. The SMILES string of the molecule is C=C(C)C(=O)OC1CC(C)=CCCC2(C)OC2C2OC(=O)C(=C)C12O. The summed E-state index contributed by atoms with van der Waals surface area (Å²) in [6, 6.07) is 0. The van der Waals surface area contributed by atoms with E-state index >= 15 is 0 Å². The number of allylic oxidation sites excluding steroid dienone is 1. The molecule has 3 rings (SSSR count). The second-order valence-electron chi connectivity index (χ2n) is 7.45. The van der Waals surface area contributed by atoms with Crippen LogP contribution >= 0.6 is 0 Å². The Bertz CT molecular complexity index is 692. The van der Waals surface area contributed by atoms with E-state index in [9.17, 15) is 14.7 Å². The zero-order chi connectivity index (χ0) is 18.6. The zero-order valence-corrected chi connectivity index (χ0v) is 14.8. The van der Waals surface area contributed by atoms with Crippen LogP contribution in [0.15, 0.2) is 36.0 Å². The third-order valence-electron chi connectivity index (χ3n) is 5.34. The molecular weight excluding hydrogens is 324 g/mol. The smallest absolute Gasteiger partial charge is 0.337 e. The van der Waals surface area contributed by atoms with Crippen molar-refractivity contribution < 1.29 is 28.9 Å². The summed E-state index contributed by atoms with van der Waals surface area (Å²) in [6.07, 6.45) is 1.43. The Labute approximate surface area is 147 Å². The lowest BCUT2D eigenvalue weighted by atomic mass is 9.78. The van der Waals surface area contributed by atoms with E-state index < -0.39 is 41.5 Å². The summed E-state index contributed by atoms with van der Waals surface area (Å²) in [7, 11) is 0. The Morgan fingerprint density at radius 2 is 2.12 bits per heavy atom. The van der Waals surface area contributed by atoms with Gasteiger partial charge in [-0.05, 0) is 33.6 Å². The van der Waals surface area contributed by atoms with Crippen LogP contribution in [0, 0.1) is 0 Å². The molecule has 2 aliphatic heterocycles. The molecule has 0 saturated carbocycles. The first-order chi connectivity index (χ1) is 11.6. The molecule has 1 N–H and O–H groups in total. The van der Waals surface area contributed by atoms with Crippen LogP contribution in [0.1, 0.15) is 40.0 Å². The van der Waals surface area contributed by atoms with Crippen molar-refractivity contribution in [3.05, 3.63) is 36.0 Å². The maximum atomic E-state index is 12.1. The number of aliphatic hydroxyl groups is 1. The van der Waals surface area contributed by atoms with Crippen LogP contribution in [0.4, 0.5) is 0 Å². The van der Waals surface area contributed by atoms with E-state index in [0.717, 1.165) is 18.4 Å². The first kappa shape index (κ1) is 17.9. The van der Waals surface area contributed by atoms with Gasteiger partial charge in [0.1, 0.15) is 12.2 Å². The molecule has 5 unspecified atom stereocenters. The first-order valence-electron chi connectivity index (χ1n) is 8.42. The topological polar surface area (TPSA) is 85.4 Å². The normalized spacial score (nSPS) is 40.3. The highest BCUT2D eigenvalue weighted by molar-refractivity contribution is 5.94. The Kier molecular flexibility index (Phi) is 4.16. The Morgan fingerprint density at radius 1 is 1.44 bits per heavy atom. The molecule has 0 aromatic rings. The molecule has 136 valence electrons. The van der Waals surface area contributed by atoms with Crippen LogP contribution in [0.2, 0.25) is 0 Å². The maximum absolute atomic E-state index is 12.1. The largest absolute Gasteiger partial charge is 0.455 e. The van der Waals surface area contributed by atoms with Gasteiger partial charge in [-0.2, -0.15) is 0 Å². The predicted molar refractivity (Wildman–Crippen MR) is 89.5 cm³/mol. The van der Waals surface area contributed by atoms with Gasteiger partial charge < -0.3 is 19.3 Å². The minimum absolute atomic E-state index is 0.108. The Morgan fingerprint density at radius 3 is 2.76 bits per heavy atom. The van der Waals surface area contributed by atoms with Crippen molar-refractivity contribution >= 4 is 11.9 Å². The second kappa shape index (κ2) is 5.81. The number of fused-ring (bicyclic) bond motifs is 3. The maximum Gasteiger partial charge on any atom is 0.337 e. The van der Waals surface area contributed by atoms with E-state index in [2.05, 4.69) is 13.2 Å². The molecule has 0 amide bonds. The van der Waals surface area contributed by atoms with Crippen molar-refractivity contribution in [2.24, 2.45) is 0 Å². The number of rotatable bonds is 2. The highest BCUT2D eigenvalue weighted by Crippen LogP contribution is 2.52. The van der Waals surface area contributed by atoms with Gasteiger partial charge in [0.05, 0.1) is 11.2 Å². The lowest BCUT2D eigenvalue weighted by Crippen LogP contribution is -2.55. The van der Waals surface area contributed by atoms with Crippen molar-refractivity contribution in [2.75, 3.05) is 0 Å². The molecule has 1 aliphatic carbocycles. The average molecular weight is 348 g/mol. The third kappa shape index (κ3) is 2.83. The summed E-state index contributed by atoms with van der Waals surface area (Å²) in [5, 5.41) is 11.4. The fourth-order valence-electron chi connectivity index (χ4n) is 3.62. The second-order valence-corrected chi connectivity index (χ2v) is 7.45. The number of carbonyl (C=O) groups excluding carboxylic acids is 2. The summed E-state index contributed by atoms with van der Waals surface area (Å²) in [5.41, 5.74) is -1.27. The predicted octanol–water partition coefficient (Wildman–Crippen LogP) is 1.97. The zero-order valence-electron chi connectivity index (χ0n) is 14.8. The van der Waals surface area contributed by atoms with Gasteiger partial charge in [-0.3, -0.25) is 0 Å². The number of ether oxygens (including phenoxy) is 3. The molecule has 2 fully saturated rings. The van der Waals surface area contributed by atoms with Crippen LogP contribution in [0.25, 0.3) is 0 Å². The highest BCUT2D eigenvalue weighted by atomic mass is 16.7. The van der Waals surface area contributed by atoms with Crippen LogP contribution in [0.5, 0.6) is 0 Å². The molecule has 25 heavy (non-hydrogen) atoms. The Balaban J connectivity index is 2.04. The minimum atomic E-state index is -1.84. The van der Waals surface area contributed by atoms with Crippen LogP contribution < -0.4 is 0 Å². The summed E-state index contributed by atoms with van der Waals surface area (Å²) in [6.45, 7) is 12.6. The van der Waals surface area contributed by atoms with Crippen molar-refractivity contribution in [1.82, 2.24) is 0 Å². The van der Waals surface area contributed by atoms with Gasteiger partial charge in [0.2, 0.25) is 0 Å². The van der Waals surface area contributed by atoms with Gasteiger partial charge in [0.15, 0.2) is 11.7 Å². The van der Waals surface area contributed by atoms with Gasteiger partial charge >= 0.3 is 11.9 Å². The lowest BCUT2D eigenvalue weighted by molar-refractivity contribution is -0.166. The van der Waals surface area contributed by atoms with Crippen molar-refractivity contribution in [2.45, 2.75) is 69.5 Å². The monoisotopic (exact) mass is 348 g/mol. The fraction of sp³-hybridized carbons (Fsp3) is 0.579. The lowest BCUT2D eigenvalue weighted by Gasteiger charge is -2.35. The molecule has 3 aliphatic rings. The molecule has 0 aromatic heterocycles. The molecule has 2 saturated heterocycles. The van der Waals surface area contributed by atoms with Gasteiger partial charge in [0.25, 0.3) is 0 Å². The molecule has 6 heteroatoms. The summed E-state index contributed by atoms with van der Waals surface area (Å²) in [4.78, 5) is 24.3. The quantitative estimate of drug-likeness (QED) is 0.355. The number of hydrogen-bond donors (Lipinski definition) is 1. The molecule has 0 spiro atoms. The number of esters is 2. The van der Waals surface area contributed by atoms with E-state index in [4.69, 9.17) is 14.2 Å². The fourth-order valence-corrected chi connectivity index (χ4v) is 3.62. The van der Waals surface area contributed by atoms with E-state index in [1.165, 1.54) is 6.92 Å². The van der Waals surface area contributed by atoms with Crippen molar-refractivity contribution in [1.29, 1.82) is 0 Å². The van der Waals surface area contributed by atoms with Crippen LogP contribution in [-0.2, 0) is 23.8 Å². The number of hydrogen-bond acceptors (Lipinski definition) is 6.